The summed E-state index contributed by atoms with van der Waals surface area (Å²) < 4.78 is 0. The number of hydrogen-bond donors (Lipinski definition) is 1. The van der Waals surface area contributed by atoms with E-state index in [-0.39, 0.29) is 17.7 Å². The van der Waals surface area contributed by atoms with Gasteiger partial charge in [-0.25, -0.2) is 4.98 Å². The topological polar surface area (TPSA) is 65.5 Å². The van der Waals surface area contributed by atoms with Crippen LogP contribution in [0.1, 0.15) is 41.5 Å². The van der Waals surface area contributed by atoms with Crippen LogP contribution in [0.2, 0.25) is 0 Å². The first kappa shape index (κ1) is 20.8. The molecule has 0 radical (unpaired) electrons. The van der Waals surface area contributed by atoms with Gasteiger partial charge in [-0.2, -0.15) is 0 Å². The third kappa shape index (κ3) is 4.36. The minimum absolute atomic E-state index is 0.00877. The van der Waals surface area contributed by atoms with Crippen molar-refractivity contribution in [1.29, 1.82) is 0 Å². The van der Waals surface area contributed by atoms with Crippen LogP contribution in [0.3, 0.4) is 0 Å². The lowest BCUT2D eigenvalue weighted by molar-refractivity contribution is -0.131. The van der Waals surface area contributed by atoms with Crippen LogP contribution in [0.5, 0.6) is 0 Å². The minimum atomic E-state index is -0.00877. The Morgan fingerprint density at radius 2 is 1.97 bits per heavy atom. The van der Waals surface area contributed by atoms with Gasteiger partial charge in [-0.3, -0.25) is 9.59 Å². The van der Waals surface area contributed by atoms with E-state index >= 15 is 0 Å². The number of hydrogen-bond acceptors (Lipinski definition) is 5. The average Bonchev–Trinajstić information content (AvgIpc) is 3.18. The summed E-state index contributed by atoms with van der Waals surface area (Å²) in [6.45, 7) is 9.19. The number of piperazine rings is 1. The normalized spacial score (nSPS) is 18.8. The standard InChI is InChI=1S/C23H30N4O2S/c1-4-21(28)26-9-11-27(12-10-26)23-25-19-8-6-17(14-20(19)30-23)22(29)24-18-7-5-15(2)13-16(18)3/h5,7,13,17H,4,6,8-12,14H2,1-3H3,(H,24,29)/t17-/m1/s1. The highest BCUT2D eigenvalue weighted by atomic mass is 32.1. The summed E-state index contributed by atoms with van der Waals surface area (Å²) in [5.41, 5.74) is 4.35. The van der Waals surface area contributed by atoms with E-state index in [2.05, 4.69) is 23.2 Å². The molecule has 1 aromatic carbocycles. The van der Waals surface area contributed by atoms with Gasteiger partial charge in [0.25, 0.3) is 0 Å². The molecule has 0 unspecified atom stereocenters. The second kappa shape index (κ2) is 8.76. The molecule has 1 aromatic heterocycles. The zero-order chi connectivity index (χ0) is 21.3. The number of thiazole rings is 1. The number of rotatable bonds is 4. The molecule has 2 aliphatic rings. The van der Waals surface area contributed by atoms with E-state index in [1.165, 1.54) is 10.4 Å². The van der Waals surface area contributed by atoms with Gasteiger partial charge in [0, 0.05) is 49.1 Å². The number of carbonyl (C=O) groups excluding carboxylic acids is 2. The molecule has 1 fully saturated rings. The number of carbonyl (C=O) groups is 2. The molecule has 2 heterocycles. The molecule has 6 nitrogen and oxygen atoms in total. The highest BCUT2D eigenvalue weighted by molar-refractivity contribution is 7.15. The van der Waals surface area contributed by atoms with Crippen LogP contribution in [0, 0.1) is 19.8 Å². The summed E-state index contributed by atoms with van der Waals surface area (Å²) in [6, 6.07) is 6.12. The van der Waals surface area contributed by atoms with E-state index in [9.17, 15) is 9.59 Å². The molecule has 1 aliphatic heterocycles. The number of nitrogens with one attached hydrogen (secondary N) is 1. The molecule has 160 valence electrons. The highest BCUT2D eigenvalue weighted by Gasteiger charge is 2.30. The van der Waals surface area contributed by atoms with Crippen molar-refractivity contribution in [1.82, 2.24) is 9.88 Å². The molecule has 0 saturated carbocycles. The fourth-order valence-electron chi connectivity index (χ4n) is 4.28. The Labute approximate surface area is 182 Å². The zero-order valence-corrected chi connectivity index (χ0v) is 18.8. The number of fused-ring (bicyclic) bond motifs is 1. The lowest BCUT2D eigenvalue weighted by Crippen LogP contribution is -2.48. The van der Waals surface area contributed by atoms with E-state index in [4.69, 9.17) is 4.98 Å². The van der Waals surface area contributed by atoms with Crippen LogP contribution in [0.25, 0.3) is 0 Å². The van der Waals surface area contributed by atoms with Crippen LogP contribution in [-0.4, -0.2) is 47.9 Å². The Bertz CT molecular complexity index is 947. The van der Waals surface area contributed by atoms with Crippen LogP contribution >= 0.6 is 11.3 Å². The molecule has 2 amide bonds. The zero-order valence-electron chi connectivity index (χ0n) is 18.0. The van der Waals surface area contributed by atoms with Crippen LogP contribution in [0.4, 0.5) is 10.8 Å². The van der Waals surface area contributed by atoms with Crippen molar-refractivity contribution in [2.75, 3.05) is 36.4 Å². The van der Waals surface area contributed by atoms with E-state index in [0.29, 0.717) is 6.42 Å². The largest absolute Gasteiger partial charge is 0.345 e. The predicted octanol–water partition coefficient (Wildman–Crippen LogP) is 3.56. The smallest absolute Gasteiger partial charge is 0.227 e. The molecule has 0 spiro atoms. The molecule has 4 rings (SSSR count). The van der Waals surface area contributed by atoms with Gasteiger partial charge < -0.3 is 15.1 Å². The molecule has 0 bridgehead atoms. The molecule has 1 N–H and O–H groups in total. The van der Waals surface area contributed by atoms with Crippen molar-refractivity contribution in [3.63, 3.8) is 0 Å². The number of benzene rings is 1. The van der Waals surface area contributed by atoms with Crippen LogP contribution < -0.4 is 10.2 Å². The fraction of sp³-hybridized carbons (Fsp3) is 0.522. The maximum Gasteiger partial charge on any atom is 0.227 e. The van der Waals surface area contributed by atoms with Crippen LogP contribution in [-0.2, 0) is 22.4 Å². The van der Waals surface area contributed by atoms with E-state index < -0.39 is 0 Å². The Balaban J connectivity index is 1.38. The predicted molar refractivity (Wildman–Crippen MR) is 121 cm³/mol. The molecule has 7 heteroatoms. The Hall–Kier alpha value is -2.41. The maximum absolute atomic E-state index is 12.9. The summed E-state index contributed by atoms with van der Waals surface area (Å²) in [4.78, 5) is 35.1. The van der Waals surface area contributed by atoms with Crippen molar-refractivity contribution >= 4 is 34.0 Å². The fourth-order valence-corrected chi connectivity index (χ4v) is 5.52. The van der Waals surface area contributed by atoms with Gasteiger partial charge in [0.15, 0.2) is 5.13 Å². The third-order valence-corrected chi connectivity index (χ3v) is 7.33. The van der Waals surface area contributed by atoms with E-state index in [0.717, 1.165) is 67.5 Å². The molecule has 1 saturated heterocycles. The van der Waals surface area contributed by atoms with Gasteiger partial charge in [-0.1, -0.05) is 24.6 Å². The lowest BCUT2D eigenvalue weighted by Gasteiger charge is -2.34. The first-order chi connectivity index (χ1) is 14.4. The van der Waals surface area contributed by atoms with Gasteiger partial charge in [0.1, 0.15) is 0 Å². The molecular formula is C23H30N4O2S. The SMILES string of the molecule is CCC(=O)N1CCN(c2nc3c(s2)C[C@H](C(=O)Nc2ccc(C)cc2C)CC3)CC1. The summed E-state index contributed by atoms with van der Waals surface area (Å²) >= 11 is 1.72. The van der Waals surface area contributed by atoms with Crippen molar-refractivity contribution in [2.45, 2.75) is 46.5 Å². The van der Waals surface area contributed by atoms with Crippen molar-refractivity contribution in [3.05, 3.63) is 39.9 Å². The number of aromatic nitrogens is 1. The number of aryl methyl sites for hydroxylation is 3. The van der Waals surface area contributed by atoms with E-state index in [1.54, 1.807) is 11.3 Å². The Morgan fingerprint density at radius 3 is 2.67 bits per heavy atom. The average molecular weight is 427 g/mol. The van der Waals surface area contributed by atoms with Gasteiger partial charge >= 0.3 is 0 Å². The molecule has 30 heavy (non-hydrogen) atoms. The maximum atomic E-state index is 12.9. The second-order valence-electron chi connectivity index (χ2n) is 8.34. The van der Waals surface area contributed by atoms with Gasteiger partial charge in [-0.15, -0.1) is 11.3 Å². The van der Waals surface area contributed by atoms with Gasteiger partial charge in [-0.05, 0) is 44.7 Å². The highest BCUT2D eigenvalue weighted by Crippen LogP contribution is 2.35. The molecule has 1 atom stereocenters. The van der Waals surface area contributed by atoms with Gasteiger partial charge in [0.05, 0.1) is 5.69 Å². The Morgan fingerprint density at radius 1 is 1.20 bits per heavy atom. The van der Waals surface area contributed by atoms with Crippen molar-refractivity contribution < 1.29 is 9.59 Å². The van der Waals surface area contributed by atoms with E-state index in [1.807, 2.05) is 30.9 Å². The van der Waals surface area contributed by atoms with Crippen molar-refractivity contribution in [2.24, 2.45) is 5.92 Å². The summed E-state index contributed by atoms with van der Waals surface area (Å²) in [5.74, 6) is 0.325. The first-order valence-corrected chi connectivity index (χ1v) is 11.7. The third-order valence-electron chi connectivity index (χ3n) is 6.14. The molecular weight excluding hydrogens is 396 g/mol. The summed E-state index contributed by atoms with van der Waals surface area (Å²) in [6.07, 6.45) is 3.02. The number of nitrogens with zero attached hydrogens (tertiary/aromatic N) is 3. The monoisotopic (exact) mass is 426 g/mol. The first-order valence-electron chi connectivity index (χ1n) is 10.8. The molecule has 1 aliphatic carbocycles. The Kier molecular flexibility index (Phi) is 6.09. The number of anilines is 2. The second-order valence-corrected chi connectivity index (χ2v) is 9.40. The minimum Gasteiger partial charge on any atom is -0.345 e. The van der Waals surface area contributed by atoms with Crippen LogP contribution in [0.15, 0.2) is 18.2 Å². The number of amides is 2. The lowest BCUT2D eigenvalue weighted by atomic mass is 9.90. The summed E-state index contributed by atoms with van der Waals surface area (Å²) in [7, 11) is 0. The van der Waals surface area contributed by atoms with Crippen molar-refractivity contribution in [3.8, 4) is 0 Å². The molecule has 2 aromatic rings. The van der Waals surface area contributed by atoms with Gasteiger partial charge in [0.2, 0.25) is 11.8 Å². The summed E-state index contributed by atoms with van der Waals surface area (Å²) in [5, 5.41) is 4.17. The quantitative estimate of drug-likeness (QED) is 0.812.